The van der Waals surface area contributed by atoms with Crippen molar-refractivity contribution in [3.05, 3.63) is 83.3 Å². The molecular formula is C23H21N3O5. The van der Waals surface area contributed by atoms with Crippen molar-refractivity contribution in [2.45, 2.75) is 20.0 Å². The molecule has 0 aliphatic carbocycles. The molecule has 0 atom stereocenters. The summed E-state index contributed by atoms with van der Waals surface area (Å²) in [6.45, 7) is 1.79. The van der Waals surface area contributed by atoms with Gasteiger partial charge in [0, 0.05) is 0 Å². The van der Waals surface area contributed by atoms with E-state index in [1.54, 1.807) is 36.4 Å². The lowest BCUT2D eigenvalue weighted by atomic mass is 10.1. The first kappa shape index (κ1) is 21.5. The number of furan rings is 1. The van der Waals surface area contributed by atoms with Gasteiger partial charge in [0.25, 0.3) is 5.91 Å². The van der Waals surface area contributed by atoms with E-state index in [1.807, 2.05) is 31.2 Å². The number of aryl methyl sites for hydroxylation is 1. The highest BCUT2D eigenvalue weighted by atomic mass is 16.5. The normalized spacial score (nSPS) is 10.1. The fourth-order valence-corrected chi connectivity index (χ4v) is 2.72. The van der Waals surface area contributed by atoms with Crippen LogP contribution in [0.25, 0.3) is 0 Å². The molecule has 2 aromatic carbocycles. The highest BCUT2D eigenvalue weighted by Gasteiger charge is 2.13. The van der Waals surface area contributed by atoms with Crippen LogP contribution in [-0.2, 0) is 17.8 Å². The minimum Gasteiger partial charge on any atom is -0.484 e. The van der Waals surface area contributed by atoms with Gasteiger partial charge in [-0.25, -0.2) is 0 Å². The van der Waals surface area contributed by atoms with Crippen molar-refractivity contribution < 1.29 is 23.5 Å². The average molecular weight is 419 g/mol. The van der Waals surface area contributed by atoms with E-state index in [9.17, 15) is 9.59 Å². The lowest BCUT2D eigenvalue weighted by Crippen LogP contribution is -2.43. The van der Waals surface area contributed by atoms with Crippen LogP contribution in [0, 0.1) is 11.3 Å². The third kappa shape index (κ3) is 5.87. The molecule has 0 aliphatic rings. The van der Waals surface area contributed by atoms with Crippen molar-refractivity contribution in [2.75, 3.05) is 6.61 Å². The maximum Gasteiger partial charge on any atom is 0.305 e. The summed E-state index contributed by atoms with van der Waals surface area (Å²) >= 11 is 0. The fraction of sp³-hybridized carbons (Fsp3) is 0.174. The second kappa shape index (κ2) is 10.5. The topological polar surface area (TPSA) is 114 Å². The van der Waals surface area contributed by atoms with Crippen molar-refractivity contribution in [3.8, 4) is 17.6 Å². The third-order valence-electron chi connectivity index (χ3n) is 4.29. The molecule has 2 amide bonds. The van der Waals surface area contributed by atoms with Crippen LogP contribution in [0.3, 0.4) is 0 Å². The van der Waals surface area contributed by atoms with Crippen molar-refractivity contribution in [2.24, 2.45) is 0 Å². The van der Waals surface area contributed by atoms with E-state index < -0.39 is 11.8 Å². The number of carbonyl (C=O) groups is 2. The van der Waals surface area contributed by atoms with Gasteiger partial charge in [-0.3, -0.25) is 20.4 Å². The molecule has 8 nitrogen and oxygen atoms in total. The molecule has 3 rings (SSSR count). The van der Waals surface area contributed by atoms with E-state index in [0.717, 1.165) is 12.0 Å². The summed E-state index contributed by atoms with van der Waals surface area (Å²) in [7, 11) is 0. The Morgan fingerprint density at radius 3 is 2.48 bits per heavy atom. The summed E-state index contributed by atoms with van der Waals surface area (Å²) in [6, 6.07) is 19.3. The van der Waals surface area contributed by atoms with Crippen LogP contribution >= 0.6 is 0 Å². The first-order chi connectivity index (χ1) is 15.1. The first-order valence-corrected chi connectivity index (χ1v) is 9.61. The molecule has 158 valence electrons. The number of hydrogen-bond acceptors (Lipinski definition) is 6. The predicted octanol–water partition coefficient (Wildman–Crippen LogP) is 3.13. The molecule has 0 unspecified atom stereocenters. The van der Waals surface area contributed by atoms with Crippen molar-refractivity contribution >= 4 is 11.8 Å². The number of nitriles is 1. The van der Waals surface area contributed by atoms with Crippen LogP contribution in [0.5, 0.6) is 11.5 Å². The number of hydrazine groups is 1. The number of benzene rings is 2. The number of carbonyl (C=O) groups excluding carboxylic acids is 2. The van der Waals surface area contributed by atoms with Crippen molar-refractivity contribution in [1.82, 2.24) is 10.9 Å². The molecule has 31 heavy (non-hydrogen) atoms. The molecule has 8 heteroatoms. The maximum absolute atomic E-state index is 12.2. The van der Waals surface area contributed by atoms with Gasteiger partial charge in [0.05, 0.1) is 5.56 Å². The molecule has 0 bridgehead atoms. The van der Waals surface area contributed by atoms with E-state index >= 15 is 0 Å². The van der Waals surface area contributed by atoms with Gasteiger partial charge in [-0.1, -0.05) is 37.3 Å². The van der Waals surface area contributed by atoms with Crippen molar-refractivity contribution in [3.63, 3.8) is 0 Å². The lowest BCUT2D eigenvalue weighted by molar-refractivity contribution is -0.123. The van der Waals surface area contributed by atoms with Gasteiger partial charge < -0.3 is 13.9 Å². The maximum atomic E-state index is 12.2. The molecule has 2 N–H and O–H groups in total. The number of nitrogens with zero attached hydrogens (tertiary/aromatic N) is 1. The highest BCUT2D eigenvalue weighted by Crippen LogP contribution is 2.19. The average Bonchev–Trinajstić information content (AvgIpc) is 3.29. The Morgan fingerprint density at radius 2 is 1.71 bits per heavy atom. The quantitative estimate of drug-likeness (QED) is 0.542. The van der Waals surface area contributed by atoms with Crippen LogP contribution in [0.1, 0.15) is 34.4 Å². The number of amides is 2. The summed E-state index contributed by atoms with van der Waals surface area (Å²) in [4.78, 5) is 24.1. The Kier molecular flexibility index (Phi) is 7.27. The van der Waals surface area contributed by atoms with Gasteiger partial charge in [-0.15, -0.1) is 0 Å². The van der Waals surface area contributed by atoms with Gasteiger partial charge in [-0.2, -0.15) is 5.26 Å². The number of para-hydroxylation sites is 2. The smallest absolute Gasteiger partial charge is 0.305 e. The third-order valence-corrected chi connectivity index (χ3v) is 4.29. The Hall–Kier alpha value is -4.25. The minimum atomic E-state index is -0.619. The molecule has 0 saturated carbocycles. The zero-order valence-corrected chi connectivity index (χ0v) is 16.9. The highest BCUT2D eigenvalue weighted by molar-refractivity contribution is 5.93. The number of nitrogens with one attached hydrogen (secondary N) is 2. The summed E-state index contributed by atoms with van der Waals surface area (Å²) < 4.78 is 16.5. The second-order valence-electron chi connectivity index (χ2n) is 6.41. The van der Waals surface area contributed by atoms with Gasteiger partial charge in [0.1, 0.15) is 29.9 Å². The fourth-order valence-electron chi connectivity index (χ4n) is 2.72. The number of hydrogen-bond donors (Lipinski definition) is 2. The van der Waals surface area contributed by atoms with Gasteiger partial charge in [0.15, 0.2) is 12.4 Å². The second-order valence-corrected chi connectivity index (χ2v) is 6.41. The van der Waals surface area contributed by atoms with Gasteiger partial charge in [-0.05, 0) is 42.3 Å². The molecular weight excluding hydrogens is 398 g/mol. The molecule has 0 fully saturated rings. The molecule has 0 saturated heterocycles. The predicted molar refractivity (Wildman–Crippen MR) is 111 cm³/mol. The Labute approximate surface area is 179 Å². The van der Waals surface area contributed by atoms with Crippen molar-refractivity contribution in [1.29, 1.82) is 5.26 Å². The summed E-state index contributed by atoms with van der Waals surface area (Å²) in [5.74, 6) is 0.311. The SMILES string of the molecule is CCc1ccccc1OCC(=O)NNC(=O)c1ccc(COc2ccccc2C#N)o1. The zero-order chi connectivity index (χ0) is 22.1. The van der Waals surface area contributed by atoms with E-state index in [0.29, 0.717) is 22.8 Å². The van der Waals surface area contributed by atoms with Crippen LogP contribution in [0.4, 0.5) is 0 Å². The Morgan fingerprint density at radius 1 is 0.968 bits per heavy atom. The summed E-state index contributed by atoms with van der Waals surface area (Å²) in [6.07, 6.45) is 0.779. The van der Waals surface area contributed by atoms with E-state index in [4.69, 9.17) is 19.2 Å². The monoisotopic (exact) mass is 419 g/mol. The molecule has 0 radical (unpaired) electrons. The van der Waals surface area contributed by atoms with Gasteiger partial charge >= 0.3 is 5.91 Å². The van der Waals surface area contributed by atoms with Gasteiger partial charge in [0.2, 0.25) is 0 Å². The number of rotatable bonds is 8. The van der Waals surface area contributed by atoms with E-state index in [2.05, 4.69) is 10.9 Å². The molecule has 0 aliphatic heterocycles. The van der Waals surface area contributed by atoms with E-state index in [-0.39, 0.29) is 19.0 Å². The van der Waals surface area contributed by atoms with Crippen LogP contribution in [0.2, 0.25) is 0 Å². The summed E-state index contributed by atoms with van der Waals surface area (Å²) in [5, 5.41) is 9.08. The lowest BCUT2D eigenvalue weighted by Gasteiger charge is -2.10. The number of ether oxygens (including phenoxy) is 2. The summed E-state index contributed by atoms with van der Waals surface area (Å²) in [5.41, 5.74) is 5.94. The Balaban J connectivity index is 1.46. The van der Waals surface area contributed by atoms with E-state index in [1.165, 1.54) is 6.07 Å². The first-order valence-electron chi connectivity index (χ1n) is 9.61. The Bertz CT molecular complexity index is 1100. The molecule has 0 spiro atoms. The van der Waals surface area contributed by atoms with Crippen LogP contribution in [0.15, 0.2) is 65.1 Å². The van der Waals surface area contributed by atoms with Crippen LogP contribution < -0.4 is 20.3 Å². The van der Waals surface area contributed by atoms with Crippen LogP contribution in [-0.4, -0.2) is 18.4 Å². The standard InChI is InChI=1S/C23H21N3O5/c1-2-16-7-3-5-9-19(16)30-15-22(27)25-26-23(28)21-12-11-18(31-21)14-29-20-10-6-4-8-17(20)13-24/h3-12H,2,14-15H2,1H3,(H,25,27)(H,26,28). The molecule has 1 aromatic heterocycles. The zero-order valence-electron chi connectivity index (χ0n) is 16.9. The minimum absolute atomic E-state index is 0.00437. The molecule has 1 heterocycles. The molecule has 3 aromatic rings. The largest absolute Gasteiger partial charge is 0.484 e.